The average molecular weight is 324 g/mol. The summed E-state index contributed by atoms with van der Waals surface area (Å²) in [6, 6.07) is 0. The molecule has 4 heteroatoms. The molecule has 0 aliphatic heterocycles. The van der Waals surface area contributed by atoms with E-state index in [2.05, 4.69) is 28.0 Å². The molecule has 118 valence electrons. The van der Waals surface area contributed by atoms with Crippen molar-refractivity contribution in [2.75, 3.05) is 0 Å². The molecule has 0 N–H and O–H groups in total. The third-order valence-electron chi connectivity index (χ3n) is 4.33. The number of allylic oxidation sites excluding steroid dienone is 5. The number of hydrogen-bond acceptors (Lipinski definition) is 0. The Labute approximate surface area is 132 Å². The van der Waals surface area contributed by atoms with Crippen molar-refractivity contribution in [2.45, 2.75) is 26.7 Å². The third-order valence-corrected chi connectivity index (χ3v) is 4.93. The Hall–Kier alpha value is -1.34. The van der Waals surface area contributed by atoms with Crippen molar-refractivity contribution < 1.29 is 13.2 Å². The summed E-state index contributed by atoms with van der Waals surface area (Å²) in [5.74, 6) is -2.40. The van der Waals surface area contributed by atoms with Crippen LogP contribution in [0.4, 0.5) is 13.2 Å². The van der Waals surface area contributed by atoms with E-state index in [9.17, 15) is 13.2 Å². The molecule has 0 heterocycles. The molecule has 1 aromatic rings. The van der Waals surface area contributed by atoms with E-state index in [0.717, 1.165) is 12.0 Å². The minimum Gasteiger partial charge on any atom is -0.206 e. The zero-order valence-corrected chi connectivity index (χ0v) is 14.0. The van der Waals surface area contributed by atoms with Crippen molar-refractivity contribution in [3.63, 3.8) is 0 Å². The predicted octanol–water partition coefficient (Wildman–Crippen LogP) is 4.78. The van der Waals surface area contributed by atoms with Gasteiger partial charge in [-0.25, -0.2) is 13.2 Å². The molecule has 0 nitrogen and oxygen atoms in total. The molecule has 0 saturated heterocycles. The largest absolute Gasteiger partial charge is 0.206 e. The van der Waals surface area contributed by atoms with E-state index >= 15 is 0 Å². The molecular formula is C18H20F3P. The van der Waals surface area contributed by atoms with Crippen molar-refractivity contribution in [3.05, 3.63) is 65.0 Å². The van der Waals surface area contributed by atoms with E-state index < -0.39 is 17.5 Å². The molecule has 3 unspecified atom stereocenters. The molecule has 22 heavy (non-hydrogen) atoms. The van der Waals surface area contributed by atoms with Crippen LogP contribution in [0.5, 0.6) is 0 Å². The molecule has 0 saturated carbocycles. The second-order valence-electron chi connectivity index (χ2n) is 5.81. The van der Waals surface area contributed by atoms with Gasteiger partial charge in [0.05, 0.1) is 0 Å². The van der Waals surface area contributed by atoms with Crippen LogP contribution in [-0.2, 0) is 6.42 Å². The molecule has 1 aromatic carbocycles. The lowest BCUT2D eigenvalue weighted by molar-refractivity contribution is 0.410. The van der Waals surface area contributed by atoms with Crippen molar-refractivity contribution in [1.82, 2.24) is 0 Å². The normalized spacial score (nSPS) is 19.0. The summed E-state index contributed by atoms with van der Waals surface area (Å²) in [5, 5.41) is 0.130. The monoisotopic (exact) mass is 324 g/mol. The van der Waals surface area contributed by atoms with Crippen LogP contribution < -0.4 is 5.30 Å². The fourth-order valence-electron chi connectivity index (χ4n) is 2.75. The van der Waals surface area contributed by atoms with E-state index in [0.29, 0.717) is 6.42 Å². The molecule has 0 spiro atoms. The highest BCUT2D eigenvalue weighted by Gasteiger charge is 2.24. The van der Waals surface area contributed by atoms with Gasteiger partial charge in [0.1, 0.15) is 5.82 Å². The number of rotatable bonds is 4. The Morgan fingerprint density at radius 1 is 1.32 bits per heavy atom. The van der Waals surface area contributed by atoms with Gasteiger partial charge in [0.15, 0.2) is 11.6 Å². The maximum absolute atomic E-state index is 14.1. The van der Waals surface area contributed by atoms with E-state index in [4.69, 9.17) is 0 Å². The van der Waals surface area contributed by atoms with Gasteiger partial charge >= 0.3 is 0 Å². The molecule has 1 aliphatic carbocycles. The van der Waals surface area contributed by atoms with Gasteiger partial charge in [-0.3, -0.25) is 0 Å². The first-order valence-electron chi connectivity index (χ1n) is 7.29. The predicted molar refractivity (Wildman–Crippen MR) is 88.8 cm³/mol. The van der Waals surface area contributed by atoms with Crippen LogP contribution in [0.3, 0.4) is 0 Å². The summed E-state index contributed by atoms with van der Waals surface area (Å²) in [4.78, 5) is 0. The second kappa shape index (κ2) is 6.83. The SMILES string of the molecule is C=CC1=CCC(C(C)Cc2c(F)c(F)c(C)c(F)c2P)C=C1. The van der Waals surface area contributed by atoms with Crippen LogP contribution in [-0.4, -0.2) is 0 Å². The lowest BCUT2D eigenvalue weighted by atomic mass is 9.82. The van der Waals surface area contributed by atoms with Crippen LogP contribution in [0.2, 0.25) is 0 Å². The van der Waals surface area contributed by atoms with Gasteiger partial charge < -0.3 is 0 Å². The summed E-state index contributed by atoms with van der Waals surface area (Å²) < 4.78 is 41.9. The lowest BCUT2D eigenvalue weighted by Gasteiger charge is -2.24. The maximum Gasteiger partial charge on any atom is 0.164 e. The van der Waals surface area contributed by atoms with Gasteiger partial charge in [0.25, 0.3) is 0 Å². The van der Waals surface area contributed by atoms with E-state index in [1.165, 1.54) is 6.92 Å². The van der Waals surface area contributed by atoms with E-state index in [-0.39, 0.29) is 28.3 Å². The minimum absolute atomic E-state index is 0.0779. The Kier molecular flexibility index (Phi) is 5.28. The maximum atomic E-state index is 14.1. The molecule has 0 radical (unpaired) electrons. The fourth-order valence-corrected chi connectivity index (χ4v) is 3.21. The Morgan fingerprint density at radius 3 is 2.55 bits per heavy atom. The smallest absolute Gasteiger partial charge is 0.164 e. The van der Waals surface area contributed by atoms with Crippen LogP contribution in [0, 0.1) is 36.2 Å². The van der Waals surface area contributed by atoms with Gasteiger partial charge in [0.2, 0.25) is 0 Å². The summed E-state index contributed by atoms with van der Waals surface area (Å²) in [7, 11) is 2.20. The van der Waals surface area contributed by atoms with E-state index in [1.54, 1.807) is 6.08 Å². The van der Waals surface area contributed by atoms with Gasteiger partial charge in [-0.1, -0.05) is 37.8 Å². The first kappa shape index (κ1) is 17.0. The van der Waals surface area contributed by atoms with Crippen LogP contribution in [0.15, 0.2) is 36.5 Å². The molecule has 0 amide bonds. The lowest BCUT2D eigenvalue weighted by Crippen LogP contribution is -2.21. The van der Waals surface area contributed by atoms with Crippen molar-refractivity contribution in [3.8, 4) is 0 Å². The first-order chi connectivity index (χ1) is 10.4. The Balaban J connectivity index is 2.23. The summed E-state index contributed by atoms with van der Waals surface area (Å²) in [5.41, 5.74) is 0.911. The van der Waals surface area contributed by atoms with Crippen molar-refractivity contribution in [2.24, 2.45) is 11.8 Å². The standard InChI is InChI=1S/C18H20F3P/c1-4-12-5-7-13(8-6-12)10(2)9-14-17(21)15(19)11(3)16(20)18(14)22/h4-7,10,13H,1,8-9,22H2,2-3H3. The summed E-state index contributed by atoms with van der Waals surface area (Å²) in [6.45, 7) is 6.94. The van der Waals surface area contributed by atoms with Gasteiger partial charge in [-0.05, 0) is 37.2 Å². The molecule has 0 aromatic heterocycles. The molecule has 2 rings (SSSR count). The van der Waals surface area contributed by atoms with Crippen LogP contribution in [0.25, 0.3) is 0 Å². The highest BCUT2D eigenvalue weighted by atomic mass is 31.0. The minimum atomic E-state index is -1.08. The molecule has 0 fully saturated rings. The molecular weight excluding hydrogens is 304 g/mol. The second-order valence-corrected chi connectivity index (χ2v) is 6.38. The number of benzene rings is 1. The first-order valence-corrected chi connectivity index (χ1v) is 7.86. The zero-order valence-electron chi connectivity index (χ0n) is 12.8. The van der Waals surface area contributed by atoms with E-state index in [1.807, 2.05) is 13.0 Å². The number of halogens is 3. The highest BCUT2D eigenvalue weighted by Crippen LogP contribution is 2.29. The highest BCUT2D eigenvalue weighted by molar-refractivity contribution is 7.27. The topological polar surface area (TPSA) is 0 Å². The fraction of sp³-hybridized carbons (Fsp3) is 0.333. The molecule has 1 aliphatic rings. The van der Waals surface area contributed by atoms with Crippen molar-refractivity contribution >= 4 is 14.5 Å². The quantitative estimate of drug-likeness (QED) is 0.552. The summed E-state index contributed by atoms with van der Waals surface area (Å²) in [6.07, 6.45) is 9.01. The van der Waals surface area contributed by atoms with Gasteiger partial charge in [-0.2, -0.15) is 0 Å². The zero-order chi connectivity index (χ0) is 16.4. The molecule has 0 bridgehead atoms. The molecule has 3 atom stereocenters. The van der Waals surface area contributed by atoms with Crippen LogP contribution in [0.1, 0.15) is 24.5 Å². The average Bonchev–Trinajstić information content (AvgIpc) is 2.55. The summed E-state index contributed by atoms with van der Waals surface area (Å²) >= 11 is 0. The van der Waals surface area contributed by atoms with Crippen LogP contribution >= 0.6 is 9.24 Å². The van der Waals surface area contributed by atoms with Crippen molar-refractivity contribution in [1.29, 1.82) is 0 Å². The van der Waals surface area contributed by atoms with Gasteiger partial charge in [0, 0.05) is 16.4 Å². The Bertz CT molecular complexity index is 630. The Morgan fingerprint density at radius 2 is 2.00 bits per heavy atom. The number of hydrogen-bond donors (Lipinski definition) is 0. The van der Waals surface area contributed by atoms with Gasteiger partial charge in [-0.15, -0.1) is 9.24 Å². The third kappa shape index (κ3) is 3.20.